The Labute approximate surface area is 216 Å². The molecule has 182 valence electrons. The molecule has 3 rings (SSSR count). The molecule has 0 spiro atoms. The number of carbonyl (C=O) groups is 3. The second-order valence-corrected chi connectivity index (χ2v) is 9.44. The summed E-state index contributed by atoms with van der Waals surface area (Å²) in [6.07, 6.45) is 0.896. The molecule has 2 amide bonds. The highest BCUT2D eigenvalue weighted by atomic mass is 79.9. The molecule has 1 heterocycles. The van der Waals surface area contributed by atoms with Gasteiger partial charge in [-0.15, -0.1) is 0 Å². The minimum absolute atomic E-state index is 0.0434. The Morgan fingerprint density at radius 2 is 1.91 bits per heavy atom. The van der Waals surface area contributed by atoms with E-state index in [1.54, 1.807) is 18.2 Å². The molecule has 0 bridgehead atoms. The second kappa shape index (κ2) is 11.9. The number of ether oxygens (including phenoxy) is 2. The molecule has 0 fully saturated rings. The topological polar surface area (TPSA) is 118 Å². The first-order chi connectivity index (χ1) is 16.8. The van der Waals surface area contributed by atoms with Crippen molar-refractivity contribution < 1.29 is 23.9 Å². The predicted molar refractivity (Wildman–Crippen MR) is 137 cm³/mol. The standard InChI is InChI=1S/C25H24BrN3O5S/c1-4-14-5-8-16(9-6-14)28-20(30)13-35-24-17(12-27)21(22(23(31)29-24)25(32)34-3)15-7-10-19(33-2)18(26)11-15/h5-11,21-22H,4,13H2,1-3H3,(H,28,30)(H,29,31)/t21-,22+/m0/s1. The van der Waals surface area contributed by atoms with Crippen LogP contribution in [0.3, 0.4) is 0 Å². The molecule has 35 heavy (non-hydrogen) atoms. The van der Waals surface area contributed by atoms with Crippen LogP contribution in [-0.2, 0) is 25.5 Å². The minimum atomic E-state index is -1.26. The van der Waals surface area contributed by atoms with Crippen molar-refractivity contribution in [2.24, 2.45) is 5.92 Å². The monoisotopic (exact) mass is 557 g/mol. The summed E-state index contributed by atoms with van der Waals surface area (Å²) in [7, 11) is 2.71. The summed E-state index contributed by atoms with van der Waals surface area (Å²) in [5.41, 5.74) is 2.53. The number of aryl methyl sites for hydroxylation is 1. The quantitative estimate of drug-likeness (QED) is 0.370. The van der Waals surface area contributed by atoms with E-state index in [1.165, 1.54) is 14.2 Å². The van der Waals surface area contributed by atoms with Crippen LogP contribution in [0.15, 0.2) is 57.5 Å². The number of carbonyl (C=O) groups excluding carboxylic acids is 3. The van der Waals surface area contributed by atoms with Crippen LogP contribution in [0.2, 0.25) is 0 Å². The van der Waals surface area contributed by atoms with Crippen LogP contribution in [-0.4, -0.2) is 37.8 Å². The number of halogens is 1. The van der Waals surface area contributed by atoms with Crippen molar-refractivity contribution in [3.05, 3.63) is 68.7 Å². The Morgan fingerprint density at radius 3 is 2.49 bits per heavy atom. The van der Waals surface area contributed by atoms with Gasteiger partial charge in [0.25, 0.3) is 0 Å². The minimum Gasteiger partial charge on any atom is -0.496 e. The van der Waals surface area contributed by atoms with Crippen LogP contribution in [0.1, 0.15) is 24.0 Å². The number of anilines is 1. The molecule has 2 aromatic carbocycles. The fourth-order valence-corrected chi connectivity index (χ4v) is 5.12. The number of allylic oxidation sites excluding steroid dienone is 1. The molecule has 0 aliphatic carbocycles. The normalized spacial score (nSPS) is 17.3. The zero-order valence-corrected chi connectivity index (χ0v) is 21.8. The summed E-state index contributed by atoms with van der Waals surface area (Å²) < 4.78 is 10.7. The van der Waals surface area contributed by atoms with Gasteiger partial charge in [0.15, 0.2) is 0 Å². The van der Waals surface area contributed by atoms with Crippen LogP contribution in [0.25, 0.3) is 0 Å². The zero-order valence-electron chi connectivity index (χ0n) is 19.4. The number of esters is 1. The van der Waals surface area contributed by atoms with Crippen molar-refractivity contribution in [1.82, 2.24) is 5.32 Å². The number of benzene rings is 2. The van der Waals surface area contributed by atoms with E-state index in [9.17, 15) is 19.6 Å². The molecule has 1 aliphatic rings. The molecule has 0 unspecified atom stereocenters. The summed E-state index contributed by atoms with van der Waals surface area (Å²) in [5.74, 6) is -3.30. The zero-order chi connectivity index (χ0) is 25.5. The number of nitrogens with one attached hydrogen (secondary N) is 2. The van der Waals surface area contributed by atoms with Crippen molar-refractivity contribution in [1.29, 1.82) is 5.26 Å². The molecular formula is C25H24BrN3O5S. The maximum absolute atomic E-state index is 12.9. The third-order valence-electron chi connectivity index (χ3n) is 5.51. The Morgan fingerprint density at radius 1 is 1.20 bits per heavy atom. The summed E-state index contributed by atoms with van der Waals surface area (Å²) in [6.45, 7) is 2.05. The van der Waals surface area contributed by atoms with Crippen molar-refractivity contribution in [2.45, 2.75) is 19.3 Å². The van der Waals surface area contributed by atoms with E-state index in [2.05, 4.69) is 32.6 Å². The second-order valence-electron chi connectivity index (χ2n) is 7.60. The molecule has 0 aromatic heterocycles. The molecule has 1 aliphatic heterocycles. The fraction of sp³-hybridized carbons (Fsp3) is 0.280. The lowest BCUT2D eigenvalue weighted by Crippen LogP contribution is -2.44. The van der Waals surface area contributed by atoms with Gasteiger partial charge in [0.1, 0.15) is 11.7 Å². The van der Waals surface area contributed by atoms with E-state index in [0.29, 0.717) is 21.5 Å². The van der Waals surface area contributed by atoms with Gasteiger partial charge in [-0.05, 0) is 57.7 Å². The summed E-state index contributed by atoms with van der Waals surface area (Å²) >= 11 is 4.44. The number of amides is 2. The molecule has 2 atom stereocenters. The first-order valence-electron chi connectivity index (χ1n) is 10.7. The Balaban J connectivity index is 1.89. The summed E-state index contributed by atoms with van der Waals surface area (Å²) in [6, 6.07) is 14.7. The number of nitrogens with zero attached hydrogens (tertiary/aromatic N) is 1. The molecule has 0 saturated heterocycles. The van der Waals surface area contributed by atoms with Crippen LogP contribution >= 0.6 is 27.7 Å². The van der Waals surface area contributed by atoms with Crippen LogP contribution in [0.4, 0.5) is 5.69 Å². The molecule has 8 nitrogen and oxygen atoms in total. The molecule has 10 heteroatoms. The number of methoxy groups -OCH3 is 2. The van der Waals surface area contributed by atoms with E-state index < -0.39 is 23.7 Å². The molecule has 0 saturated carbocycles. The van der Waals surface area contributed by atoms with Crippen LogP contribution < -0.4 is 15.4 Å². The highest BCUT2D eigenvalue weighted by molar-refractivity contribution is 9.10. The maximum Gasteiger partial charge on any atom is 0.319 e. The Hall–Kier alpha value is -3.29. The van der Waals surface area contributed by atoms with E-state index in [1.807, 2.05) is 31.2 Å². The number of hydrogen-bond donors (Lipinski definition) is 2. The van der Waals surface area contributed by atoms with Gasteiger partial charge in [-0.25, -0.2) is 0 Å². The van der Waals surface area contributed by atoms with Gasteiger partial charge in [-0.3, -0.25) is 14.4 Å². The van der Waals surface area contributed by atoms with Gasteiger partial charge in [0.05, 0.1) is 41.1 Å². The molecule has 0 radical (unpaired) electrons. The SMILES string of the molecule is CCc1ccc(NC(=O)CSC2=C(C#N)[C@H](c3ccc(OC)c(Br)c3)[C@@H](C(=O)OC)C(=O)N2)cc1. The number of thioether (sulfide) groups is 1. The maximum atomic E-state index is 12.9. The van der Waals surface area contributed by atoms with E-state index >= 15 is 0 Å². The fourth-order valence-electron chi connectivity index (χ4n) is 3.71. The van der Waals surface area contributed by atoms with E-state index in [0.717, 1.165) is 23.7 Å². The average Bonchev–Trinajstić information content (AvgIpc) is 2.86. The van der Waals surface area contributed by atoms with Crippen molar-refractivity contribution in [2.75, 3.05) is 25.3 Å². The molecular weight excluding hydrogens is 534 g/mol. The van der Waals surface area contributed by atoms with E-state index in [-0.39, 0.29) is 22.3 Å². The average molecular weight is 558 g/mol. The summed E-state index contributed by atoms with van der Waals surface area (Å²) in [5, 5.41) is 15.7. The largest absolute Gasteiger partial charge is 0.496 e. The van der Waals surface area contributed by atoms with Gasteiger partial charge in [-0.1, -0.05) is 36.9 Å². The van der Waals surface area contributed by atoms with Gasteiger partial charge in [-0.2, -0.15) is 5.26 Å². The van der Waals surface area contributed by atoms with Crippen LogP contribution in [0.5, 0.6) is 5.75 Å². The number of hydrogen-bond acceptors (Lipinski definition) is 7. The first-order valence-corrected chi connectivity index (χ1v) is 12.5. The lowest BCUT2D eigenvalue weighted by atomic mass is 9.78. The summed E-state index contributed by atoms with van der Waals surface area (Å²) in [4.78, 5) is 38.0. The third kappa shape index (κ3) is 6.05. The van der Waals surface area contributed by atoms with Crippen molar-refractivity contribution in [3.8, 4) is 11.8 Å². The van der Waals surface area contributed by atoms with Gasteiger partial charge in [0.2, 0.25) is 11.8 Å². The molecule has 2 aromatic rings. The highest BCUT2D eigenvalue weighted by Gasteiger charge is 2.44. The van der Waals surface area contributed by atoms with Gasteiger partial charge in [0, 0.05) is 11.6 Å². The van der Waals surface area contributed by atoms with Gasteiger partial charge >= 0.3 is 5.97 Å². The number of nitriles is 1. The number of rotatable bonds is 8. The Kier molecular flexibility index (Phi) is 8.95. The van der Waals surface area contributed by atoms with Crippen molar-refractivity contribution in [3.63, 3.8) is 0 Å². The van der Waals surface area contributed by atoms with E-state index in [4.69, 9.17) is 9.47 Å². The van der Waals surface area contributed by atoms with Crippen LogP contribution in [0, 0.1) is 17.2 Å². The molecule has 2 N–H and O–H groups in total. The highest BCUT2D eigenvalue weighted by Crippen LogP contribution is 2.42. The Bertz CT molecular complexity index is 1210. The third-order valence-corrected chi connectivity index (χ3v) is 7.15. The lowest BCUT2D eigenvalue weighted by molar-refractivity contribution is -0.150. The van der Waals surface area contributed by atoms with Gasteiger partial charge < -0.3 is 20.1 Å². The lowest BCUT2D eigenvalue weighted by Gasteiger charge is -2.31. The smallest absolute Gasteiger partial charge is 0.319 e. The predicted octanol–water partition coefficient (Wildman–Crippen LogP) is 4.13. The first kappa shape index (κ1) is 26.3. The van der Waals surface area contributed by atoms with Crippen molar-refractivity contribution >= 4 is 51.2 Å².